The number of urea groups is 1. The molecule has 1 aromatic carbocycles. The fraction of sp³-hybridized carbons (Fsp3) is 0.400. The second-order valence-electron chi connectivity index (χ2n) is 4.74. The third-order valence-electron chi connectivity index (χ3n) is 3.29. The maximum absolute atomic E-state index is 11.7. The van der Waals surface area contributed by atoms with Crippen LogP contribution in [0.15, 0.2) is 35.9 Å². The second kappa shape index (κ2) is 6.83. The molecule has 19 heavy (non-hydrogen) atoms. The summed E-state index contributed by atoms with van der Waals surface area (Å²) < 4.78 is 0. The summed E-state index contributed by atoms with van der Waals surface area (Å²) in [5.74, 6) is 0. The van der Waals surface area contributed by atoms with E-state index in [1.54, 1.807) is 0 Å². The van der Waals surface area contributed by atoms with E-state index in [2.05, 4.69) is 22.0 Å². The van der Waals surface area contributed by atoms with Crippen molar-refractivity contribution in [3.05, 3.63) is 35.9 Å². The Morgan fingerprint density at radius 3 is 2.53 bits per heavy atom. The number of hydrogen-bond acceptors (Lipinski definition) is 2. The van der Waals surface area contributed by atoms with Crippen LogP contribution in [0.25, 0.3) is 0 Å². The molecule has 0 radical (unpaired) electrons. The average molecular weight is 259 g/mol. The smallest absolute Gasteiger partial charge is 0.319 e. The molecule has 102 valence electrons. The number of amides is 2. The van der Waals surface area contributed by atoms with E-state index in [1.807, 2.05) is 31.3 Å². The van der Waals surface area contributed by atoms with Crippen LogP contribution in [0.2, 0.25) is 0 Å². The zero-order valence-corrected chi connectivity index (χ0v) is 11.3. The minimum absolute atomic E-state index is 0.149. The van der Waals surface area contributed by atoms with Gasteiger partial charge in [0.2, 0.25) is 0 Å². The molecular formula is C15H21N3O. The minimum atomic E-state index is -0.149. The molecule has 0 fully saturated rings. The Morgan fingerprint density at radius 1 is 1.16 bits per heavy atom. The van der Waals surface area contributed by atoms with Crippen molar-refractivity contribution in [1.82, 2.24) is 5.32 Å². The molecule has 0 spiro atoms. The van der Waals surface area contributed by atoms with Gasteiger partial charge in [0.05, 0.1) is 0 Å². The van der Waals surface area contributed by atoms with Gasteiger partial charge in [-0.1, -0.05) is 11.6 Å². The van der Waals surface area contributed by atoms with Gasteiger partial charge < -0.3 is 16.0 Å². The number of rotatable bonds is 4. The first-order valence-corrected chi connectivity index (χ1v) is 6.78. The summed E-state index contributed by atoms with van der Waals surface area (Å²) in [4.78, 5) is 11.7. The summed E-state index contributed by atoms with van der Waals surface area (Å²) in [5, 5.41) is 8.76. The molecule has 0 unspecified atom stereocenters. The van der Waals surface area contributed by atoms with Gasteiger partial charge in [-0.25, -0.2) is 4.79 Å². The van der Waals surface area contributed by atoms with Crippen LogP contribution in [0.1, 0.15) is 25.7 Å². The van der Waals surface area contributed by atoms with E-state index in [0.29, 0.717) is 6.54 Å². The van der Waals surface area contributed by atoms with Gasteiger partial charge in [-0.3, -0.25) is 0 Å². The Morgan fingerprint density at radius 2 is 1.89 bits per heavy atom. The standard InChI is InChI=1S/C15H21N3O/c1-16-13-7-9-14(10-8-13)18-15(19)17-11-12-5-3-2-4-6-12/h5,7-10,16H,2-4,6,11H2,1H3,(H2,17,18,19). The highest BCUT2D eigenvalue weighted by Gasteiger charge is 2.06. The Hall–Kier alpha value is -1.97. The Kier molecular flexibility index (Phi) is 4.84. The molecule has 2 rings (SSSR count). The van der Waals surface area contributed by atoms with Crippen LogP contribution in [0, 0.1) is 0 Å². The van der Waals surface area contributed by atoms with Gasteiger partial charge >= 0.3 is 6.03 Å². The van der Waals surface area contributed by atoms with Gasteiger partial charge in [0.25, 0.3) is 0 Å². The molecule has 0 bridgehead atoms. The number of carbonyl (C=O) groups is 1. The van der Waals surface area contributed by atoms with Crippen molar-refractivity contribution in [3.63, 3.8) is 0 Å². The fourth-order valence-corrected chi connectivity index (χ4v) is 2.15. The molecule has 0 saturated carbocycles. The van der Waals surface area contributed by atoms with E-state index in [4.69, 9.17) is 0 Å². The van der Waals surface area contributed by atoms with Crippen molar-refractivity contribution < 1.29 is 4.79 Å². The summed E-state index contributed by atoms with van der Waals surface area (Å²) >= 11 is 0. The number of anilines is 2. The van der Waals surface area contributed by atoms with E-state index >= 15 is 0 Å². The normalized spacial score (nSPS) is 14.5. The zero-order chi connectivity index (χ0) is 13.5. The molecule has 0 aromatic heterocycles. The maximum atomic E-state index is 11.7. The van der Waals surface area contributed by atoms with Gasteiger partial charge in [-0.15, -0.1) is 0 Å². The van der Waals surface area contributed by atoms with Crippen LogP contribution in [0.3, 0.4) is 0 Å². The van der Waals surface area contributed by atoms with Gasteiger partial charge in [0.15, 0.2) is 0 Å². The van der Waals surface area contributed by atoms with Crippen LogP contribution in [-0.2, 0) is 0 Å². The topological polar surface area (TPSA) is 53.2 Å². The van der Waals surface area contributed by atoms with E-state index in [-0.39, 0.29) is 6.03 Å². The molecule has 0 saturated heterocycles. The van der Waals surface area contributed by atoms with E-state index < -0.39 is 0 Å². The lowest BCUT2D eigenvalue weighted by Crippen LogP contribution is -2.30. The van der Waals surface area contributed by atoms with Crippen LogP contribution >= 0.6 is 0 Å². The second-order valence-corrected chi connectivity index (χ2v) is 4.74. The third kappa shape index (κ3) is 4.32. The van der Waals surface area contributed by atoms with E-state index in [0.717, 1.165) is 24.2 Å². The number of hydrogen-bond donors (Lipinski definition) is 3. The summed E-state index contributed by atoms with van der Waals surface area (Å²) in [6.07, 6.45) is 7.00. The van der Waals surface area contributed by atoms with Gasteiger partial charge in [0, 0.05) is 25.0 Å². The molecule has 4 heteroatoms. The molecular weight excluding hydrogens is 238 g/mol. The summed E-state index contributed by atoms with van der Waals surface area (Å²) in [6, 6.07) is 7.47. The Labute approximate surface area is 114 Å². The molecule has 0 atom stereocenters. The number of nitrogens with one attached hydrogen (secondary N) is 3. The van der Waals surface area contributed by atoms with Gasteiger partial charge in [0.1, 0.15) is 0 Å². The van der Waals surface area contributed by atoms with E-state index in [9.17, 15) is 4.79 Å². The number of allylic oxidation sites excluding steroid dienone is 1. The maximum Gasteiger partial charge on any atom is 0.319 e. The molecule has 4 nitrogen and oxygen atoms in total. The highest BCUT2D eigenvalue weighted by molar-refractivity contribution is 5.89. The predicted molar refractivity (Wildman–Crippen MR) is 79.6 cm³/mol. The zero-order valence-electron chi connectivity index (χ0n) is 11.3. The third-order valence-corrected chi connectivity index (χ3v) is 3.29. The summed E-state index contributed by atoms with van der Waals surface area (Å²) in [5.41, 5.74) is 3.17. The Balaban J connectivity index is 1.78. The quantitative estimate of drug-likeness (QED) is 0.726. The lowest BCUT2D eigenvalue weighted by atomic mass is 10.00. The first-order chi connectivity index (χ1) is 9.28. The van der Waals surface area contributed by atoms with Crippen molar-refractivity contribution in [2.45, 2.75) is 25.7 Å². The first-order valence-electron chi connectivity index (χ1n) is 6.78. The van der Waals surface area contributed by atoms with Crippen LogP contribution < -0.4 is 16.0 Å². The van der Waals surface area contributed by atoms with Gasteiger partial charge in [-0.05, 0) is 49.9 Å². The Bertz CT molecular complexity index is 451. The molecule has 2 amide bonds. The van der Waals surface area contributed by atoms with Crippen molar-refractivity contribution in [1.29, 1.82) is 0 Å². The highest BCUT2D eigenvalue weighted by Crippen LogP contribution is 2.16. The van der Waals surface area contributed by atoms with Crippen LogP contribution in [0.4, 0.5) is 16.2 Å². The van der Waals surface area contributed by atoms with Gasteiger partial charge in [-0.2, -0.15) is 0 Å². The van der Waals surface area contributed by atoms with E-state index in [1.165, 1.54) is 18.4 Å². The SMILES string of the molecule is CNc1ccc(NC(=O)NCC2=CCCCC2)cc1. The van der Waals surface area contributed by atoms with Crippen molar-refractivity contribution in [3.8, 4) is 0 Å². The first kappa shape index (κ1) is 13.5. The molecule has 1 aliphatic rings. The minimum Gasteiger partial charge on any atom is -0.388 e. The molecule has 1 aromatic rings. The average Bonchev–Trinajstić information content (AvgIpc) is 2.47. The molecule has 0 heterocycles. The largest absolute Gasteiger partial charge is 0.388 e. The number of benzene rings is 1. The predicted octanol–water partition coefficient (Wildman–Crippen LogP) is 3.35. The summed E-state index contributed by atoms with van der Waals surface area (Å²) in [6.45, 7) is 0.653. The number of carbonyl (C=O) groups excluding carboxylic acids is 1. The molecule has 3 N–H and O–H groups in total. The van der Waals surface area contributed by atoms with Crippen molar-refractivity contribution in [2.24, 2.45) is 0 Å². The lowest BCUT2D eigenvalue weighted by Gasteiger charge is -2.14. The monoisotopic (exact) mass is 259 g/mol. The van der Waals surface area contributed by atoms with Crippen LogP contribution in [-0.4, -0.2) is 19.6 Å². The fourth-order valence-electron chi connectivity index (χ4n) is 2.15. The lowest BCUT2D eigenvalue weighted by molar-refractivity contribution is 0.252. The van der Waals surface area contributed by atoms with Crippen molar-refractivity contribution in [2.75, 3.05) is 24.2 Å². The van der Waals surface area contributed by atoms with Crippen LogP contribution in [0.5, 0.6) is 0 Å². The van der Waals surface area contributed by atoms with Crippen molar-refractivity contribution >= 4 is 17.4 Å². The molecule has 1 aliphatic carbocycles. The highest BCUT2D eigenvalue weighted by atomic mass is 16.2. The summed E-state index contributed by atoms with van der Waals surface area (Å²) in [7, 11) is 1.87. The molecule has 0 aliphatic heterocycles.